The molecule has 0 aromatic carbocycles. The Balaban J connectivity index is 0.00000264. The van der Waals surface area contributed by atoms with Crippen LogP contribution in [0, 0.1) is 5.41 Å². The maximum atomic E-state index is 12.0. The molecule has 1 heterocycles. The number of thiazole rings is 1. The van der Waals surface area contributed by atoms with Crippen LogP contribution in [0.1, 0.15) is 35.6 Å². The Morgan fingerprint density at radius 3 is 2.48 bits per heavy atom. The molecule has 2 rings (SSSR count). The van der Waals surface area contributed by atoms with Gasteiger partial charge in [0.25, 0.3) is 5.91 Å². The second kappa shape index (κ2) is 7.49. The summed E-state index contributed by atoms with van der Waals surface area (Å²) in [5.74, 6) is -3.48. The summed E-state index contributed by atoms with van der Waals surface area (Å²) in [4.78, 5) is 50.4. The molecule has 118 valence electrons. The molecule has 1 aromatic rings. The maximum Gasteiger partial charge on any atom is 1.00 e. The monoisotopic (exact) mass is 363 g/mol. The van der Waals surface area contributed by atoms with Crippen molar-refractivity contribution in [3.63, 3.8) is 0 Å². The number of amides is 3. The Morgan fingerprint density at radius 2 is 1.91 bits per heavy atom. The third kappa shape index (κ3) is 4.67. The number of likely N-dealkylation sites (N-methyl/N-ethyl adjacent to an activating group) is 1. The number of carboxylic acid groups (broad SMARTS) is 1. The molecule has 0 aliphatic heterocycles. The van der Waals surface area contributed by atoms with Gasteiger partial charge in [-0.25, -0.2) is 9.78 Å². The van der Waals surface area contributed by atoms with Crippen LogP contribution in [0.4, 0.5) is 9.93 Å². The first-order chi connectivity index (χ1) is 10.1. The molecule has 0 atom stereocenters. The molecular formula is C13H14KN3O5S. The van der Waals surface area contributed by atoms with Gasteiger partial charge in [-0.2, -0.15) is 0 Å². The molecule has 3 amide bonds. The second-order valence-electron chi connectivity index (χ2n) is 5.82. The quantitative estimate of drug-likeness (QED) is 0.421. The average Bonchev–Trinajstić information content (AvgIpc) is 2.77. The number of nitrogens with zero attached hydrogens (tertiary/aromatic N) is 2. The Morgan fingerprint density at radius 1 is 1.30 bits per heavy atom. The third-order valence-electron chi connectivity index (χ3n) is 3.23. The summed E-state index contributed by atoms with van der Waals surface area (Å²) in [6.45, 7) is 3.91. The molecule has 0 saturated heterocycles. The molecule has 8 nitrogen and oxygen atoms in total. The number of anilines is 1. The van der Waals surface area contributed by atoms with Crippen LogP contribution >= 0.6 is 11.3 Å². The number of hydrogen-bond acceptors (Lipinski definition) is 7. The van der Waals surface area contributed by atoms with Crippen LogP contribution in [0.25, 0.3) is 0 Å². The minimum absolute atomic E-state index is 0. The number of carbonyl (C=O) groups excluding carboxylic acids is 4. The zero-order valence-corrected chi connectivity index (χ0v) is 17.2. The van der Waals surface area contributed by atoms with E-state index in [0.717, 1.165) is 18.4 Å². The normalized spacial score (nSPS) is 15.2. The fraction of sp³-hybridized carbons (Fsp3) is 0.462. The summed E-state index contributed by atoms with van der Waals surface area (Å²) < 4.78 is 0. The van der Waals surface area contributed by atoms with Crippen molar-refractivity contribution in [3.05, 3.63) is 10.6 Å². The van der Waals surface area contributed by atoms with E-state index in [-0.39, 0.29) is 67.7 Å². The second-order valence-corrected chi connectivity index (χ2v) is 6.82. The Bertz CT molecular complexity index is 685. The molecular weight excluding hydrogens is 349 g/mol. The van der Waals surface area contributed by atoms with E-state index in [0.29, 0.717) is 28.3 Å². The topological polar surface area (TPSA) is 120 Å². The van der Waals surface area contributed by atoms with Gasteiger partial charge in [0, 0.05) is 13.5 Å². The zero-order chi connectivity index (χ0) is 16.7. The number of ketones is 1. The molecule has 0 fully saturated rings. The zero-order valence-electron chi connectivity index (χ0n) is 13.3. The van der Waals surface area contributed by atoms with E-state index >= 15 is 0 Å². The summed E-state index contributed by atoms with van der Waals surface area (Å²) in [5, 5.41) is 12.9. The van der Waals surface area contributed by atoms with Crippen LogP contribution in [0.3, 0.4) is 0 Å². The van der Waals surface area contributed by atoms with Gasteiger partial charge in [-0.3, -0.25) is 19.8 Å². The molecule has 0 unspecified atom stereocenters. The van der Waals surface area contributed by atoms with Gasteiger partial charge in [-0.1, -0.05) is 25.2 Å². The van der Waals surface area contributed by atoms with Gasteiger partial charge >= 0.3 is 57.4 Å². The summed E-state index contributed by atoms with van der Waals surface area (Å²) in [7, 11) is 1.01. The summed E-state index contributed by atoms with van der Waals surface area (Å²) in [6, 6.07) is -0.952. The van der Waals surface area contributed by atoms with Gasteiger partial charge in [0.05, 0.1) is 10.6 Å². The summed E-state index contributed by atoms with van der Waals surface area (Å²) in [5.41, 5.74) is 0.414. The van der Waals surface area contributed by atoms with Crippen LogP contribution in [0.2, 0.25) is 0 Å². The predicted octanol–water partition coefficient (Wildman–Crippen LogP) is -2.96. The average molecular weight is 363 g/mol. The molecule has 1 aromatic heterocycles. The standard InChI is InChI=1S/C13H15N3O5S.K/c1-13(2)4-6-8(7(17)5-13)22-11(14-6)15-12(21)16(3)9(18)10(19)20;/h4-5H2,1-3H3,(H,19,20)(H,14,15,21);/q;+1/p-1. The third-order valence-corrected chi connectivity index (χ3v) is 4.29. The number of carboxylic acids is 1. The van der Waals surface area contributed by atoms with Crippen LogP contribution in [-0.4, -0.2) is 40.6 Å². The number of hydrogen-bond donors (Lipinski definition) is 1. The van der Waals surface area contributed by atoms with Crippen LogP contribution in [0.5, 0.6) is 0 Å². The number of imide groups is 1. The summed E-state index contributed by atoms with van der Waals surface area (Å²) >= 11 is 1.02. The number of carbonyl (C=O) groups is 4. The van der Waals surface area contributed by atoms with Gasteiger partial charge < -0.3 is 9.90 Å². The fourth-order valence-electron chi connectivity index (χ4n) is 2.18. The fourth-order valence-corrected chi connectivity index (χ4v) is 3.09. The summed E-state index contributed by atoms with van der Waals surface area (Å²) in [6.07, 6.45) is 1.01. The molecule has 0 spiro atoms. The molecule has 1 N–H and O–H groups in total. The van der Waals surface area contributed by atoms with E-state index in [1.807, 2.05) is 13.8 Å². The van der Waals surface area contributed by atoms with E-state index in [2.05, 4.69) is 10.3 Å². The largest absolute Gasteiger partial charge is 1.00 e. The van der Waals surface area contributed by atoms with Crippen molar-refractivity contribution in [3.8, 4) is 0 Å². The number of aliphatic carboxylic acids is 1. The van der Waals surface area contributed by atoms with Crippen molar-refractivity contribution in [2.75, 3.05) is 12.4 Å². The van der Waals surface area contributed by atoms with Crippen LogP contribution < -0.4 is 61.8 Å². The van der Waals surface area contributed by atoms with E-state index in [9.17, 15) is 24.3 Å². The smallest absolute Gasteiger partial charge is 0.540 e. The molecule has 23 heavy (non-hydrogen) atoms. The molecule has 0 saturated carbocycles. The van der Waals surface area contributed by atoms with Crippen molar-refractivity contribution < 1.29 is 75.7 Å². The van der Waals surface area contributed by atoms with Crippen molar-refractivity contribution in [1.29, 1.82) is 0 Å². The Kier molecular flexibility index (Phi) is 6.64. The van der Waals surface area contributed by atoms with Gasteiger partial charge in [0.15, 0.2) is 10.9 Å². The van der Waals surface area contributed by atoms with Gasteiger partial charge in [-0.15, -0.1) is 0 Å². The number of fused-ring (bicyclic) bond motifs is 1. The molecule has 10 heteroatoms. The molecule has 0 bridgehead atoms. The van der Waals surface area contributed by atoms with Crippen molar-refractivity contribution in [2.45, 2.75) is 26.7 Å². The first-order valence-electron chi connectivity index (χ1n) is 6.43. The number of rotatable bonds is 1. The van der Waals surface area contributed by atoms with E-state index in [1.165, 1.54) is 0 Å². The minimum Gasteiger partial charge on any atom is -0.540 e. The molecule has 0 radical (unpaired) electrons. The van der Waals surface area contributed by atoms with Crippen molar-refractivity contribution >= 4 is 40.2 Å². The van der Waals surface area contributed by atoms with Gasteiger partial charge in [0.1, 0.15) is 5.97 Å². The minimum atomic E-state index is -1.98. The van der Waals surface area contributed by atoms with E-state index in [4.69, 9.17) is 0 Å². The SMILES string of the molecule is CN(C(=O)Nc1nc2c(s1)C(=O)CC(C)(C)C2)C(=O)C(=O)[O-].[K+]. The Labute approximate surface area is 179 Å². The van der Waals surface area contributed by atoms with Gasteiger partial charge in [-0.05, 0) is 11.8 Å². The number of urea groups is 1. The molecule has 1 aliphatic carbocycles. The van der Waals surface area contributed by atoms with E-state index < -0.39 is 17.9 Å². The van der Waals surface area contributed by atoms with Gasteiger partial charge in [0.2, 0.25) is 0 Å². The number of Topliss-reactive ketones (excluding diaryl/α,β-unsaturated/α-hetero) is 1. The van der Waals surface area contributed by atoms with Crippen LogP contribution in [-0.2, 0) is 16.0 Å². The number of nitrogens with one attached hydrogen (secondary N) is 1. The van der Waals surface area contributed by atoms with E-state index in [1.54, 1.807) is 0 Å². The van der Waals surface area contributed by atoms with Crippen LogP contribution in [0.15, 0.2) is 0 Å². The predicted molar refractivity (Wildman–Crippen MR) is 75.3 cm³/mol. The van der Waals surface area contributed by atoms with Crippen molar-refractivity contribution in [2.24, 2.45) is 5.41 Å². The Hall–Kier alpha value is -0.654. The molecule has 1 aliphatic rings. The maximum absolute atomic E-state index is 12.0. The first kappa shape index (κ1) is 20.4. The first-order valence-corrected chi connectivity index (χ1v) is 7.25. The van der Waals surface area contributed by atoms with Crippen molar-refractivity contribution in [1.82, 2.24) is 9.88 Å². The number of aromatic nitrogens is 1.